The Hall–Kier alpha value is -0.570. The molecule has 0 aliphatic rings. The van der Waals surface area contributed by atoms with Gasteiger partial charge in [-0.25, -0.2) is 0 Å². The molecule has 1 rings (SSSR count). The molecule has 1 aromatic carbocycles. The van der Waals surface area contributed by atoms with Crippen molar-refractivity contribution in [2.45, 2.75) is 32.8 Å². The molecule has 0 heterocycles. The number of hydrogen-bond acceptors (Lipinski definition) is 2. The zero-order valence-electron chi connectivity index (χ0n) is 11.6. The summed E-state index contributed by atoms with van der Waals surface area (Å²) in [6.07, 6.45) is 2.45. The highest BCUT2D eigenvalue weighted by Gasteiger charge is 2.13. The van der Waals surface area contributed by atoms with Crippen molar-refractivity contribution < 1.29 is 4.74 Å². The highest BCUT2D eigenvalue weighted by molar-refractivity contribution is 6.30. The van der Waals surface area contributed by atoms with E-state index in [2.05, 4.69) is 31.3 Å². The standard InChI is InChI=1S/C15H24ClNO/c1-4-17-11-14(9-12(2)18-3)10-13-5-7-15(16)8-6-13/h5-8,12,14,17H,4,9-11H2,1-3H3. The fourth-order valence-corrected chi connectivity index (χ4v) is 2.23. The van der Waals surface area contributed by atoms with Crippen LogP contribution in [0.25, 0.3) is 0 Å². The Kier molecular flexibility index (Phi) is 7.33. The molecule has 0 fully saturated rings. The van der Waals surface area contributed by atoms with Crippen LogP contribution in [0.15, 0.2) is 24.3 Å². The summed E-state index contributed by atoms with van der Waals surface area (Å²) < 4.78 is 5.37. The Morgan fingerprint density at radius 1 is 1.28 bits per heavy atom. The van der Waals surface area contributed by atoms with E-state index in [-0.39, 0.29) is 0 Å². The lowest BCUT2D eigenvalue weighted by Crippen LogP contribution is -2.27. The van der Waals surface area contributed by atoms with E-state index >= 15 is 0 Å². The van der Waals surface area contributed by atoms with Gasteiger partial charge in [0, 0.05) is 12.1 Å². The Morgan fingerprint density at radius 2 is 1.94 bits per heavy atom. The predicted molar refractivity (Wildman–Crippen MR) is 78.3 cm³/mol. The molecule has 0 bridgehead atoms. The summed E-state index contributed by atoms with van der Waals surface area (Å²) in [5.41, 5.74) is 1.34. The zero-order chi connectivity index (χ0) is 13.4. The number of rotatable bonds is 8. The van der Waals surface area contributed by atoms with Crippen molar-refractivity contribution in [3.8, 4) is 0 Å². The third-order valence-corrected chi connectivity index (χ3v) is 3.44. The minimum absolute atomic E-state index is 0.306. The Labute approximate surface area is 116 Å². The molecule has 2 unspecified atom stereocenters. The van der Waals surface area contributed by atoms with Crippen molar-refractivity contribution in [3.05, 3.63) is 34.9 Å². The SMILES string of the molecule is CCNCC(Cc1ccc(Cl)cc1)CC(C)OC. The van der Waals surface area contributed by atoms with E-state index in [0.717, 1.165) is 31.0 Å². The molecule has 2 nitrogen and oxygen atoms in total. The molecular weight excluding hydrogens is 246 g/mol. The van der Waals surface area contributed by atoms with Gasteiger partial charge in [0.1, 0.15) is 0 Å². The van der Waals surface area contributed by atoms with Gasteiger partial charge in [0.2, 0.25) is 0 Å². The largest absolute Gasteiger partial charge is 0.382 e. The minimum Gasteiger partial charge on any atom is -0.382 e. The maximum Gasteiger partial charge on any atom is 0.0546 e. The van der Waals surface area contributed by atoms with Gasteiger partial charge < -0.3 is 10.1 Å². The molecule has 3 heteroatoms. The number of benzene rings is 1. The Bertz CT molecular complexity index is 326. The van der Waals surface area contributed by atoms with E-state index in [0.29, 0.717) is 12.0 Å². The first-order valence-electron chi connectivity index (χ1n) is 6.63. The van der Waals surface area contributed by atoms with Crippen molar-refractivity contribution in [1.29, 1.82) is 0 Å². The fraction of sp³-hybridized carbons (Fsp3) is 0.600. The summed E-state index contributed by atoms with van der Waals surface area (Å²) in [6.45, 7) is 6.31. The first kappa shape index (κ1) is 15.5. The lowest BCUT2D eigenvalue weighted by Gasteiger charge is -2.20. The van der Waals surface area contributed by atoms with Gasteiger partial charge in [-0.15, -0.1) is 0 Å². The van der Waals surface area contributed by atoms with Gasteiger partial charge in [0.25, 0.3) is 0 Å². The molecule has 2 atom stereocenters. The van der Waals surface area contributed by atoms with Gasteiger partial charge in [-0.3, -0.25) is 0 Å². The van der Waals surface area contributed by atoms with Crippen molar-refractivity contribution in [3.63, 3.8) is 0 Å². The average Bonchev–Trinajstić information content (AvgIpc) is 2.38. The lowest BCUT2D eigenvalue weighted by atomic mass is 9.94. The fourth-order valence-electron chi connectivity index (χ4n) is 2.11. The molecule has 0 amide bonds. The Morgan fingerprint density at radius 3 is 2.50 bits per heavy atom. The van der Waals surface area contributed by atoms with Crippen LogP contribution in [0.3, 0.4) is 0 Å². The molecule has 0 radical (unpaired) electrons. The average molecular weight is 270 g/mol. The quantitative estimate of drug-likeness (QED) is 0.780. The third kappa shape index (κ3) is 5.85. The molecule has 0 saturated heterocycles. The van der Waals surface area contributed by atoms with Crippen LogP contribution in [-0.4, -0.2) is 26.3 Å². The van der Waals surface area contributed by atoms with E-state index in [4.69, 9.17) is 16.3 Å². The van der Waals surface area contributed by atoms with Crippen molar-refractivity contribution in [2.75, 3.05) is 20.2 Å². The second-order valence-electron chi connectivity index (χ2n) is 4.79. The van der Waals surface area contributed by atoms with E-state index in [1.54, 1.807) is 7.11 Å². The first-order valence-corrected chi connectivity index (χ1v) is 7.01. The third-order valence-electron chi connectivity index (χ3n) is 3.19. The minimum atomic E-state index is 0.306. The summed E-state index contributed by atoms with van der Waals surface area (Å²) >= 11 is 5.91. The van der Waals surface area contributed by atoms with Crippen LogP contribution in [0.2, 0.25) is 5.02 Å². The maximum absolute atomic E-state index is 5.91. The molecular formula is C15H24ClNO. The van der Waals surface area contributed by atoms with Gasteiger partial charge in [-0.1, -0.05) is 30.7 Å². The normalized spacial score (nSPS) is 14.4. The van der Waals surface area contributed by atoms with Gasteiger partial charge in [0.05, 0.1) is 6.10 Å². The summed E-state index contributed by atoms with van der Waals surface area (Å²) in [5, 5.41) is 4.23. The van der Waals surface area contributed by atoms with Gasteiger partial charge in [0.15, 0.2) is 0 Å². The van der Waals surface area contributed by atoms with Crippen LogP contribution in [0, 0.1) is 5.92 Å². The molecule has 0 aliphatic heterocycles. The monoisotopic (exact) mass is 269 g/mol. The molecule has 102 valence electrons. The molecule has 0 spiro atoms. The van der Waals surface area contributed by atoms with Crippen LogP contribution >= 0.6 is 11.6 Å². The Balaban J connectivity index is 2.56. The van der Waals surface area contributed by atoms with Crippen molar-refractivity contribution in [1.82, 2.24) is 5.32 Å². The number of nitrogens with one attached hydrogen (secondary N) is 1. The first-order chi connectivity index (χ1) is 8.65. The van der Waals surface area contributed by atoms with Crippen LogP contribution in [0.5, 0.6) is 0 Å². The van der Waals surface area contributed by atoms with E-state index < -0.39 is 0 Å². The highest BCUT2D eigenvalue weighted by atomic mass is 35.5. The number of ether oxygens (including phenoxy) is 1. The van der Waals surface area contributed by atoms with E-state index in [9.17, 15) is 0 Å². The molecule has 0 saturated carbocycles. The number of hydrogen-bond donors (Lipinski definition) is 1. The molecule has 0 aliphatic carbocycles. The van der Waals surface area contributed by atoms with Crippen LogP contribution in [-0.2, 0) is 11.2 Å². The molecule has 1 N–H and O–H groups in total. The van der Waals surface area contributed by atoms with Gasteiger partial charge >= 0.3 is 0 Å². The molecule has 1 aromatic rings. The number of methoxy groups -OCH3 is 1. The topological polar surface area (TPSA) is 21.3 Å². The van der Waals surface area contributed by atoms with Crippen molar-refractivity contribution >= 4 is 11.6 Å². The lowest BCUT2D eigenvalue weighted by molar-refractivity contribution is 0.0947. The van der Waals surface area contributed by atoms with Gasteiger partial charge in [-0.05, 0) is 56.5 Å². The summed E-state index contributed by atoms with van der Waals surface area (Å²) in [4.78, 5) is 0. The highest BCUT2D eigenvalue weighted by Crippen LogP contribution is 2.17. The maximum atomic E-state index is 5.91. The van der Waals surface area contributed by atoms with Crippen LogP contribution in [0.4, 0.5) is 0 Å². The van der Waals surface area contributed by atoms with Crippen LogP contribution in [0.1, 0.15) is 25.8 Å². The second-order valence-corrected chi connectivity index (χ2v) is 5.22. The van der Waals surface area contributed by atoms with E-state index in [1.807, 2.05) is 12.1 Å². The second kappa shape index (κ2) is 8.52. The van der Waals surface area contributed by atoms with Gasteiger partial charge in [-0.2, -0.15) is 0 Å². The van der Waals surface area contributed by atoms with Crippen molar-refractivity contribution in [2.24, 2.45) is 5.92 Å². The summed E-state index contributed by atoms with van der Waals surface area (Å²) in [6, 6.07) is 8.14. The zero-order valence-corrected chi connectivity index (χ0v) is 12.3. The number of halogens is 1. The molecule has 0 aromatic heterocycles. The summed E-state index contributed by atoms with van der Waals surface area (Å²) in [5.74, 6) is 0.598. The van der Waals surface area contributed by atoms with Crippen LogP contribution < -0.4 is 5.32 Å². The smallest absolute Gasteiger partial charge is 0.0546 e. The van der Waals surface area contributed by atoms with E-state index in [1.165, 1.54) is 5.56 Å². The summed E-state index contributed by atoms with van der Waals surface area (Å²) in [7, 11) is 1.78. The predicted octanol–water partition coefficient (Wildman–Crippen LogP) is 3.53. The molecule has 18 heavy (non-hydrogen) atoms.